The third-order valence-corrected chi connectivity index (χ3v) is 6.20. The van der Waals surface area contributed by atoms with Crippen molar-refractivity contribution >= 4 is 5.97 Å². The van der Waals surface area contributed by atoms with E-state index in [-0.39, 0.29) is 24.3 Å². The molecule has 3 rings (SSSR count). The van der Waals surface area contributed by atoms with Crippen molar-refractivity contribution in [3.63, 3.8) is 0 Å². The van der Waals surface area contributed by atoms with Crippen LogP contribution in [0.15, 0.2) is 48.6 Å². The molecule has 3 aliphatic rings. The molecular formula is C27H40O5. The van der Waals surface area contributed by atoms with Crippen LogP contribution in [0.2, 0.25) is 0 Å². The Kier molecular flexibility index (Phi) is 8.92. The summed E-state index contributed by atoms with van der Waals surface area (Å²) in [7, 11) is 0. The van der Waals surface area contributed by atoms with Crippen LogP contribution in [0.4, 0.5) is 0 Å². The van der Waals surface area contributed by atoms with Crippen LogP contribution >= 0.6 is 0 Å². The molecule has 5 heteroatoms. The number of carbonyl (C=O) groups is 1. The Morgan fingerprint density at radius 3 is 2.53 bits per heavy atom. The van der Waals surface area contributed by atoms with Gasteiger partial charge in [-0.25, -0.2) is 4.79 Å². The number of ether oxygens (including phenoxy) is 4. The molecule has 0 aromatic carbocycles. The van der Waals surface area contributed by atoms with E-state index < -0.39 is 11.9 Å². The Morgan fingerprint density at radius 1 is 1.00 bits per heavy atom. The molecule has 6 atom stereocenters. The average molecular weight is 445 g/mol. The van der Waals surface area contributed by atoms with Gasteiger partial charge in [0.2, 0.25) is 0 Å². The Balaban J connectivity index is 1.72. The highest BCUT2D eigenvalue weighted by Gasteiger charge is 2.38. The Labute approximate surface area is 193 Å². The van der Waals surface area contributed by atoms with Crippen molar-refractivity contribution in [3.8, 4) is 0 Å². The first-order valence-electron chi connectivity index (χ1n) is 12.0. The molecule has 3 heterocycles. The monoisotopic (exact) mass is 444 g/mol. The first-order chi connectivity index (χ1) is 15.2. The smallest absolute Gasteiger partial charge is 0.330 e. The highest BCUT2D eigenvalue weighted by molar-refractivity contribution is 5.82. The molecule has 0 radical (unpaired) electrons. The highest BCUT2D eigenvalue weighted by Crippen LogP contribution is 2.29. The SMILES string of the molecule is C=C1CC(C)/C=C/C[C@@H]([C@@H]2COC(C)(C)O2)OC(=O)/C=C\C[C@@H]2C=CC[C@@H](C[C@@H](C)C1)O2. The molecule has 1 unspecified atom stereocenters. The standard InChI is InChI=1S/C27H40O5/c1-19-9-6-13-24(25-18-29-27(4,5)32-25)31-26(28)14-8-11-22-10-7-12-23(30-22)17-21(3)16-20(2)15-19/h6-10,14,19,21-25H,2,11-13,15-18H2,1,3-5H3/b9-6+,14-8-/t19?,21-,22-,23-,24-,25-/m0/s1. The molecule has 0 N–H and O–H groups in total. The van der Waals surface area contributed by atoms with Crippen LogP contribution in [0.1, 0.15) is 66.2 Å². The minimum Gasteiger partial charge on any atom is -0.456 e. The third-order valence-electron chi connectivity index (χ3n) is 6.20. The lowest BCUT2D eigenvalue weighted by atomic mass is 9.90. The maximum Gasteiger partial charge on any atom is 0.330 e. The maximum absolute atomic E-state index is 12.5. The second-order valence-corrected chi connectivity index (χ2v) is 10.1. The summed E-state index contributed by atoms with van der Waals surface area (Å²) in [5.74, 6) is -0.108. The number of allylic oxidation sites excluding steroid dienone is 2. The van der Waals surface area contributed by atoms with E-state index in [2.05, 4.69) is 44.7 Å². The summed E-state index contributed by atoms with van der Waals surface area (Å²) in [5.41, 5.74) is 1.28. The van der Waals surface area contributed by atoms with Crippen molar-refractivity contribution in [2.45, 2.75) is 96.4 Å². The van der Waals surface area contributed by atoms with Gasteiger partial charge in [-0.3, -0.25) is 0 Å². The van der Waals surface area contributed by atoms with Crippen LogP contribution in [-0.2, 0) is 23.7 Å². The van der Waals surface area contributed by atoms with E-state index in [1.807, 2.05) is 19.9 Å². The van der Waals surface area contributed by atoms with Gasteiger partial charge in [0.05, 0.1) is 18.8 Å². The number of carbonyl (C=O) groups excluding carboxylic acids is 1. The van der Waals surface area contributed by atoms with Crippen molar-refractivity contribution in [3.05, 3.63) is 48.6 Å². The minimum absolute atomic E-state index is 0.00166. The summed E-state index contributed by atoms with van der Waals surface area (Å²) in [6, 6.07) is 0. The zero-order valence-corrected chi connectivity index (χ0v) is 20.1. The molecule has 0 aromatic rings. The van der Waals surface area contributed by atoms with Gasteiger partial charge in [0, 0.05) is 12.5 Å². The van der Waals surface area contributed by atoms with Crippen LogP contribution in [0.5, 0.6) is 0 Å². The van der Waals surface area contributed by atoms with Gasteiger partial charge in [-0.2, -0.15) is 0 Å². The lowest BCUT2D eigenvalue weighted by Gasteiger charge is -2.28. The first-order valence-corrected chi connectivity index (χ1v) is 12.0. The van der Waals surface area contributed by atoms with Gasteiger partial charge in [0.1, 0.15) is 12.2 Å². The average Bonchev–Trinajstić information content (AvgIpc) is 3.06. The number of cyclic esters (lactones) is 1. The second kappa shape index (κ2) is 11.4. The van der Waals surface area contributed by atoms with Gasteiger partial charge >= 0.3 is 5.97 Å². The number of rotatable bonds is 1. The van der Waals surface area contributed by atoms with Crippen molar-refractivity contribution in [1.29, 1.82) is 0 Å². The van der Waals surface area contributed by atoms with Crippen molar-refractivity contribution in [2.24, 2.45) is 11.8 Å². The van der Waals surface area contributed by atoms with Gasteiger partial charge in [-0.15, -0.1) is 0 Å². The molecule has 32 heavy (non-hydrogen) atoms. The van der Waals surface area contributed by atoms with E-state index in [1.54, 1.807) is 0 Å². The lowest BCUT2D eigenvalue weighted by molar-refractivity contribution is -0.166. The Hall–Kier alpha value is -1.69. The van der Waals surface area contributed by atoms with Crippen LogP contribution in [0.3, 0.4) is 0 Å². The summed E-state index contributed by atoms with van der Waals surface area (Å²) in [5, 5.41) is 0. The van der Waals surface area contributed by atoms with Gasteiger partial charge < -0.3 is 18.9 Å². The number of fused-ring (bicyclic) bond motifs is 2. The van der Waals surface area contributed by atoms with Gasteiger partial charge in [0.25, 0.3) is 0 Å². The van der Waals surface area contributed by atoms with E-state index >= 15 is 0 Å². The largest absolute Gasteiger partial charge is 0.456 e. The Morgan fingerprint density at radius 2 is 1.78 bits per heavy atom. The summed E-state index contributed by atoms with van der Waals surface area (Å²) >= 11 is 0. The van der Waals surface area contributed by atoms with Crippen molar-refractivity contribution in [2.75, 3.05) is 6.61 Å². The number of hydrogen-bond donors (Lipinski definition) is 0. The number of esters is 1. The molecule has 1 saturated heterocycles. The first kappa shape index (κ1) is 24.9. The van der Waals surface area contributed by atoms with Crippen molar-refractivity contribution in [1.82, 2.24) is 0 Å². The van der Waals surface area contributed by atoms with Gasteiger partial charge in [0.15, 0.2) is 5.79 Å². The highest BCUT2D eigenvalue weighted by atomic mass is 16.8. The van der Waals surface area contributed by atoms with Gasteiger partial charge in [-0.1, -0.05) is 56.4 Å². The molecule has 0 spiro atoms. The fraction of sp³-hybridized carbons (Fsp3) is 0.667. The normalized spacial score (nSPS) is 39.0. The van der Waals surface area contributed by atoms with Crippen molar-refractivity contribution < 1.29 is 23.7 Å². The van der Waals surface area contributed by atoms with Crippen LogP contribution < -0.4 is 0 Å². The fourth-order valence-corrected chi connectivity index (χ4v) is 4.75. The topological polar surface area (TPSA) is 54.0 Å². The van der Waals surface area contributed by atoms with Crippen LogP contribution in [-0.4, -0.2) is 42.8 Å². The lowest BCUT2D eigenvalue weighted by Crippen LogP contribution is -2.34. The van der Waals surface area contributed by atoms with E-state index in [9.17, 15) is 4.79 Å². The molecule has 0 amide bonds. The summed E-state index contributed by atoms with van der Waals surface area (Å²) in [6.07, 6.45) is 16.7. The molecule has 0 aliphatic carbocycles. The zero-order chi connectivity index (χ0) is 23.1. The molecule has 3 aliphatic heterocycles. The third kappa shape index (κ3) is 8.02. The predicted molar refractivity (Wildman–Crippen MR) is 126 cm³/mol. The molecule has 178 valence electrons. The predicted octanol–water partition coefficient (Wildman–Crippen LogP) is 5.67. The molecule has 0 saturated carbocycles. The summed E-state index contributed by atoms with van der Waals surface area (Å²) in [4.78, 5) is 12.5. The molecule has 0 aromatic heterocycles. The van der Waals surface area contributed by atoms with E-state index in [0.717, 1.165) is 25.7 Å². The molecule has 1 fully saturated rings. The van der Waals surface area contributed by atoms with Crippen LogP contribution in [0, 0.1) is 11.8 Å². The zero-order valence-electron chi connectivity index (χ0n) is 20.1. The van der Waals surface area contributed by atoms with Crippen LogP contribution in [0.25, 0.3) is 0 Å². The maximum atomic E-state index is 12.5. The van der Waals surface area contributed by atoms with E-state index in [4.69, 9.17) is 18.9 Å². The molecule has 2 bridgehead atoms. The van der Waals surface area contributed by atoms with E-state index in [0.29, 0.717) is 31.3 Å². The minimum atomic E-state index is -0.661. The summed E-state index contributed by atoms with van der Waals surface area (Å²) < 4.78 is 23.7. The number of hydrogen-bond acceptors (Lipinski definition) is 5. The van der Waals surface area contributed by atoms with Gasteiger partial charge in [-0.05, 0) is 57.8 Å². The summed E-state index contributed by atoms with van der Waals surface area (Å²) in [6.45, 7) is 13.0. The molecular weight excluding hydrogens is 404 g/mol. The second-order valence-electron chi connectivity index (χ2n) is 10.1. The van der Waals surface area contributed by atoms with E-state index in [1.165, 1.54) is 11.6 Å². The quantitative estimate of drug-likeness (QED) is 0.385. The Bertz CT molecular complexity index is 734. The molecule has 5 nitrogen and oxygen atoms in total. The fourth-order valence-electron chi connectivity index (χ4n) is 4.75.